The van der Waals surface area contributed by atoms with Crippen LogP contribution in [-0.2, 0) is 20.0 Å². The van der Waals surface area contributed by atoms with Crippen LogP contribution < -0.4 is 5.32 Å². The van der Waals surface area contributed by atoms with E-state index in [1.807, 2.05) is 13.2 Å². The Labute approximate surface area is 113 Å². The van der Waals surface area contributed by atoms with Crippen molar-refractivity contribution in [3.05, 3.63) is 17.5 Å². The summed E-state index contributed by atoms with van der Waals surface area (Å²) in [5.41, 5.74) is 2.07. The lowest BCUT2D eigenvalue weighted by molar-refractivity contribution is 0.0841. The van der Waals surface area contributed by atoms with Gasteiger partial charge in [-0.2, -0.15) is 5.10 Å². The fraction of sp³-hybridized carbons (Fsp3) is 0.692. The number of β-amino-alcohol motifs (C(OH)–C–C–N with tert-alkyl or cyclic N) is 1. The van der Waals surface area contributed by atoms with Crippen molar-refractivity contribution in [2.24, 2.45) is 7.05 Å². The van der Waals surface area contributed by atoms with E-state index >= 15 is 0 Å². The van der Waals surface area contributed by atoms with Crippen LogP contribution in [0, 0.1) is 0 Å². The lowest BCUT2D eigenvalue weighted by Crippen LogP contribution is -2.46. The Morgan fingerprint density at radius 2 is 2.42 bits per heavy atom. The van der Waals surface area contributed by atoms with Gasteiger partial charge in [-0.15, -0.1) is 0 Å². The van der Waals surface area contributed by atoms with Gasteiger partial charge in [0.2, 0.25) is 0 Å². The van der Waals surface area contributed by atoms with E-state index in [4.69, 9.17) is 0 Å². The zero-order valence-electron chi connectivity index (χ0n) is 11.6. The first-order valence-electron chi connectivity index (χ1n) is 6.82. The number of hydrogen-bond donors (Lipinski definition) is 2. The highest BCUT2D eigenvalue weighted by Crippen LogP contribution is 2.11. The van der Waals surface area contributed by atoms with Gasteiger partial charge in [-0.05, 0) is 19.3 Å². The van der Waals surface area contributed by atoms with E-state index in [9.17, 15) is 9.90 Å². The summed E-state index contributed by atoms with van der Waals surface area (Å²) in [5.74, 6) is 0. The Bertz CT molecular complexity index is 444. The van der Waals surface area contributed by atoms with Crippen molar-refractivity contribution in [1.82, 2.24) is 20.0 Å². The van der Waals surface area contributed by atoms with Crippen molar-refractivity contribution in [3.8, 4) is 0 Å². The summed E-state index contributed by atoms with van der Waals surface area (Å²) in [6.45, 7) is 3.69. The number of aryl methyl sites for hydroxylation is 2. The molecule has 6 nitrogen and oxygen atoms in total. The third-order valence-corrected chi connectivity index (χ3v) is 3.44. The van der Waals surface area contributed by atoms with E-state index in [0.717, 1.165) is 37.1 Å². The number of hydrogen-bond acceptors (Lipinski definition) is 3. The average molecular weight is 266 g/mol. The van der Waals surface area contributed by atoms with Crippen LogP contribution >= 0.6 is 0 Å². The molecular formula is C13H22N4O2. The molecule has 1 aromatic heterocycles. The molecule has 0 aromatic carbocycles. The summed E-state index contributed by atoms with van der Waals surface area (Å²) in [5, 5.41) is 16.8. The maximum absolute atomic E-state index is 12.0. The summed E-state index contributed by atoms with van der Waals surface area (Å²) in [6, 6.07) is -0.107. The molecule has 0 bridgehead atoms. The molecule has 106 valence electrons. The minimum atomic E-state index is -0.385. The number of urea groups is 1. The van der Waals surface area contributed by atoms with Gasteiger partial charge < -0.3 is 15.3 Å². The molecule has 1 aliphatic rings. The van der Waals surface area contributed by atoms with Crippen LogP contribution in [0.1, 0.15) is 31.0 Å². The van der Waals surface area contributed by atoms with Crippen LogP contribution in [0.15, 0.2) is 6.20 Å². The summed E-state index contributed by atoms with van der Waals surface area (Å²) < 4.78 is 1.77. The average Bonchev–Trinajstić information content (AvgIpc) is 2.76. The van der Waals surface area contributed by atoms with E-state index in [1.165, 1.54) is 0 Å². The van der Waals surface area contributed by atoms with Crippen molar-refractivity contribution >= 4 is 6.03 Å². The summed E-state index contributed by atoms with van der Waals surface area (Å²) >= 11 is 0. The maximum Gasteiger partial charge on any atom is 0.317 e. The zero-order valence-corrected chi connectivity index (χ0v) is 11.6. The van der Waals surface area contributed by atoms with Crippen molar-refractivity contribution in [2.75, 3.05) is 13.1 Å². The Morgan fingerprint density at radius 1 is 1.63 bits per heavy atom. The lowest BCUT2D eigenvalue weighted by atomic mass is 10.1. The monoisotopic (exact) mass is 266 g/mol. The highest BCUT2D eigenvalue weighted by atomic mass is 16.3. The fourth-order valence-corrected chi connectivity index (χ4v) is 2.45. The highest BCUT2D eigenvalue weighted by molar-refractivity contribution is 5.74. The maximum atomic E-state index is 12.0. The number of carbonyl (C=O) groups excluding carboxylic acids is 1. The minimum Gasteiger partial charge on any atom is -0.391 e. The molecule has 1 unspecified atom stereocenters. The molecule has 2 rings (SSSR count). The van der Waals surface area contributed by atoms with E-state index in [2.05, 4.69) is 17.3 Å². The molecule has 6 heteroatoms. The quantitative estimate of drug-likeness (QED) is 0.844. The van der Waals surface area contributed by atoms with Crippen LogP contribution in [0.5, 0.6) is 0 Å². The zero-order chi connectivity index (χ0) is 13.8. The standard InChI is InChI=1S/C13H22N4O2/c1-3-12-10(8-16(2)15-12)7-14-13(19)17-6-4-5-11(18)9-17/h8,11,18H,3-7,9H2,1-2H3,(H,14,19). The molecule has 0 aliphatic carbocycles. The molecule has 1 atom stereocenters. The van der Waals surface area contributed by atoms with Crippen LogP contribution in [0.4, 0.5) is 4.79 Å². The van der Waals surface area contributed by atoms with Gasteiger partial charge in [-0.1, -0.05) is 6.92 Å². The van der Waals surface area contributed by atoms with Gasteiger partial charge in [0.05, 0.1) is 11.8 Å². The molecule has 0 saturated carbocycles. The Morgan fingerprint density at radius 3 is 3.11 bits per heavy atom. The highest BCUT2D eigenvalue weighted by Gasteiger charge is 2.21. The van der Waals surface area contributed by atoms with E-state index in [1.54, 1.807) is 9.58 Å². The summed E-state index contributed by atoms with van der Waals surface area (Å²) in [6.07, 6.45) is 4.05. The van der Waals surface area contributed by atoms with Crippen molar-refractivity contribution in [3.63, 3.8) is 0 Å². The summed E-state index contributed by atoms with van der Waals surface area (Å²) in [4.78, 5) is 13.7. The van der Waals surface area contributed by atoms with Gasteiger partial charge in [-0.25, -0.2) is 4.79 Å². The SMILES string of the molecule is CCc1nn(C)cc1CNC(=O)N1CCCC(O)C1. The molecule has 1 saturated heterocycles. The number of carbonyl (C=O) groups is 1. The van der Waals surface area contributed by atoms with Crippen LogP contribution in [-0.4, -0.2) is 45.0 Å². The number of nitrogens with one attached hydrogen (secondary N) is 1. The van der Waals surface area contributed by atoms with Crippen LogP contribution in [0.25, 0.3) is 0 Å². The molecule has 2 heterocycles. The third kappa shape index (κ3) is 3.47. The fourth-order valence-electron chi connectivity index (χ4n) is 2.45. The number of piperidine rings is 1. The van der Waals surface area contributed by atoms with Crippen molar-refractivity contribution in [2.45, 2.75) is 38.8 Å². The van der Waals surface area contributed by atoms with Gasteiger partial charge in [-0.3, -0.25) is 4.68 Å². The molecule has 0 radical (unpaired) electrons. The molecule has 1 aromatic rings. The number of aliphatic hydroxyl groups excluding tert-OH is 1. The van der Waals surface area contributed by atoms with Crippen LogP contribution in [0.3, 0.4) is 0 Å². The molecule has 2 N–H and O–H groups in total. The van der Waals surface area contributed by atoms with Crippen molar-refractivity contribution < 1.29 is 9.90 Å². The number of aromatic nitrogens is 2. The molecule has 1 fully saturated rings. The molecular weight excluding hydrogens is 244 g/mol. The number of rotatable bonds is 3. The van der Waals surface area contributed by atoms with Gasteiger partial charge in [0, 0.05) is 38.4 Å². The Hall–Kier alpha value is -1.56. The first-order chi connectivity index (χ1) is 9.10. The smallest absolute Gasteiger partial charge is 0.317 e. The second kappa shape index (κ2) is 6.06. The molecule has 1 aliphatic heterocycles. The summed E-state index contributed by atoms with van der Waals surface area (Å²) in [7, 11) is 1.88. The van der Waals surface area contributed by atoms with E-state index in [0.29, 0.717) is 13.1 Å². The van der Waals surface area contributed by atoms with Gasteiger partial charge >= 0.3 is 6.03 Å². The third-order valence-electron chi connectivity index (χ3n) is 3.44. The first-order valence-corrected chi connectivity index (χ1v) is 6.82. The number of amides is 2. The predicted octanol–water partition coefficient (Wildman–Crippen LogP) is 0.649. The molecule has 2 amide bonds. The van der Waals surface area contributed by atoms with E-state index < -0.39 is 0 Å². The van der Waals surface area contributed by atoms with Crippen LogP contribution in [0.2, 0.25) is 0 Å². The minimum absolute atomic E-state index is 0.107. The number of aliphatic hydroxyl groups is 1. The second-order valence-corrected chi connectivity index (χ2v) is 5.03. The lowest BCUT2D eigenvalue weighted by Gasteiger charge is -2.30. The predicted molar refractivity (Wildman–Crippen MR) is 71.6 cm³/mol. The number of likely N-dealkylation sites (tertiary alicyclic amines) is 1. The Kier molecular flexibility index (Phi) is 4.42. The second-order valence-electron chi connectivity index (χ2n) is 5.03. The topological polar surface area (TPSA) is 70.4 Å². The molecule has 19 heavy (non-hydrogen) atoms. The Balaban J connectivity index is 1.89. The van der Waals surface area contributed by atoms with E-state index in [-0.39, 0.29) is 12.1 Å². The van der Waals surface area contributed by atoms with Gasteiger partial charge in [0.15, 0.2) is 0 Å². The van der Waals surface area contributed by atoms with Gasteiger partial charge in [0.25, 0.3) is 0 Å². The number of nitrogens with zero attached hydrogens (tertiary/aromatic N) is 3. The van der Waals surface area contributed by atoms with Gasteiger partial charge in [0.1, 0.15) is 0 Å². The largest absolute Gasteiger partial charge is 0.391 e. The first kappa shape index (κ1) is 13.9. The molecule has 0 spiro atoms. The van der Waals surface area contributed by atoms with Crippen molar-refractivity contribution in [1.29, 1.82) is 0 Å². The normalized spacial score (nSPS) is 19.5.